The number of amides is 2. The Morgan fingerprint density at radius 1 is 1.04 bits per heavy atom. The lowest BCUT2D eigenvalue weighted by molar-refractivity contribution is 0.252. The van der Waals surface area contributed by atoms with Gasteiger partial charge < -0.3 is 5.32 Å². The van der Waals surface area contributed by atoms with Crippen LogP contribution in [-0.4, -0.2) is 17.6 Å². The molecule has 4 heteroatoms. The Balaban J connectivity index is 1.94. The average molecular weight is 333 g/mol. The maximum Gasteiger partial charge on any atom is 0.320 e. The lowest BCUT2D eigenvalue weighted by Crippen LogP contribution is -2.28. The molecule has 2 amide bonds. The minimum absolute atomic E-state index is 0.238. The van der Waals surface area contributed by atoms with Crippen molar-refractivity contribution in [2.24, 2.45) is 0 Å². The van der Waals surface area contributed by atoms with Gasteiger partial charge in [-0.1, -0.05) is 37.3 Å². The maximum absolute atomic E-state index is 11.6. The zero-order valence-electron chi connectivity index (χ0n) is 14.9. The van der Waals surface area contributed by atoms with Crippen molar-refractivity contribution in [3.05, 3.63) is 59.8 Å². The molecule has 1 heterocycles. The van der Waals surface area contributed by atoms with E-state index in [-0.39, 0.29) is 6.03 Å². The average Bonchev–Trinajstić information content (AvgIpc) is 2.62. The number of carbonyl (C=O) groups is 1. The SMILES string of the molecule is CCNC(=O)Nc1cc2ccc(-c3cc(CC)ccc3C)cc2cn1. The lowest BCUT2D eigenvalue weighted by atomic mass is 9.96. The summed E-state index contributed by atoms with van der Waals surface area (Å²) in [4.78, 5) is 16.0. The summed E-state index contributed by atoms with van der Waals surface area (Å²) in [5.74, 6) is 0.551. The highest BCUT2D eigenvalue weighted by Gasteiger charge is 2.07. The van der Waals surface area contributed by atoms with Crippen molar-refractivity contribution in [1.82, 2.24) is 10.3 Å². The standard InChI is InChI=1S/C21H23N3O/c1-4-15-7-6-14(3)19(10-15)17-9-8-16-12-20(23-13-18(16)11-17)24-21(25)22-5-2/h6-13H,4-5H2,1-3H3,(H2,22,23,24,25). The Kier molecular flexibility index (Phi) is 4.98. The molecule has 2 N–H and O–H groups in total. The van der Waals surface area contributed by atoms with Crippen LogP contribution in [0.1, 0.15) is 25.0 Å². The fraction of sp³-hybridized carbons (Fsp3) is 0.238. The summed E-state index contributed by atoms with van der Waals surface area (Å²) in [5.41, 5.74) is 5.04. The summed E-state index contributed by atoms with van der Waals surface area (Å²) < 4.78 is 0. The highest BCUT2D eigenvalue weighted by Crippen LogP contribution is 2.28. The number of carbonyl (C=O) groups excluding carboxylic acids is 1. The summed E-state index contributed by atoms with van der Waals surface area (Å²) in [6.07, 6.45) is 2.83. The molecule has 0 unspecified atom stereocenters. The normalized spacial score (nSPS) is 10.7. The van der Waals surface area contributed by atoms with Crippen LogP contribution in [0, 0.1) is 6.92 Å². The number of aryl methyl sites for hydroxylation is 2. The zero-order valence-corrected chi connectivity index (χ0v) is 14.9. The molecule has 0 saturated carbocycles. The van der Waals surface area contributed by atoms with Crippen molar-refractivity contribution in [2.75, 3.05) is 11.9 Å². The number of urea groups is 1. The second-order valence-electron chi connectivity index (χ2n) is 6.12. The number of aromatic nitrogens is 1. The Morgan fingerprint density at radius 3 is 2.64 bits per heavy atom. The van der Waals surface area contributed by atoms with E-state index >= 15 is 0 Å². The molecule has 2 aromatic carbocycles. The first-order valence-corrected chi connectivity index (χ1v) is 8.65. The van der Waals surface area contributed by atoms with Gasteiger partial charge >= 0.3 is 6.03 Å². The van der Waals surface area contributed by atoms with E-state index in [0.29, 0.717) is 12.4 Å². The molecule has 0 aliphatic rings. The minimum Gasteiger partial charge on any atom is -0.338 e. The van der Waals surface area contributed by atoms with Crippen LogP contribution in [0.3, 0.4) is 0 Å². The van der Waals surface area contributed by atoms with E-state index in [2.05, 4.69) is 65.9 Å². The van der Waals surface area contributed by atoms with Crippen LogP contribution in [0.4, 0.5) is 10.6 Å². The molecule has 0 atom stereocenters. The lowest BCUT2D eigenvalue weighted by Gasteiger charge is -2.10. The number of anilines is 1. The topological polar surface area (TPSA) is 54.0 Å². The van der Waals surface area contributed by atoms with Gasteiger partial charge in [-0.15, -0.1) is 0 Å². The van der Waals surface area contributed by atoms with Gasteiger partial charge in [-0.25, -0.2) is 9.78 Å². The summed E-state index contributed by atoms with van der Waals surface area (Å²) in [5, 5.41) is 7.55. The molecule has 0 spiro atoms. The van der Waals surface area contributed by atoms with E-state index in [9.17, 15) is 4.79 Å². The van der Waals surface area contributed by atoms with Crippen LogP contribution in [0.5, 0.6) is 0 Å². The summed E-state index contributed by atoms with van der Waals surface area (Å²) in [6, 6.07) is 14.6. The largest absolute Gasteiger partial charge is 0.338 e. The van der Waals surface area contributed by atoms with Gasteiger partial charge in [0, 0.05) is 18.1 Å². The Hall–Kier alpha value is -2.88. The maximum atomic E-state index is 11.6. The van der Waals surface area contributed by atoms with Gasteiger partial charge in [-0.05, 0) is 60.0 Å². The van der Waals surface area contributed by atoms with Crippen molar-refractivity contribution in [3.63, 3.8) is 0 Å². The van der Waals surface area contributed by atoms with E-state index in [4.69, 9.17) is 0 Å². The molecule has 128 valence electrons. The molecule has 0 saturated heterocycles. The molecular formula is C21H23N3O. The fourth-order valence-electron chi connectivity index (χ4n) is 2.90. The van der Waals surface area contributed by atoms with Crippen molar-refractivity contribution >= 4 is 22.6 Å². The molecule has 0 aliphatic heterocycles. The molecule has 4 nitrogen and oxygen atoms in total. The highest BCUT2D eigenvalue weighted by molar-refractivity contribution is 5.93. The van der Waals surface area contributed by atoms with Crippen LogP contribution in [0.15, 0.2) is 48.7 Å². The van der Waals surface area contributed by atoms with Gasteiger partial charge in [0.25, 0.3) is 0 Å². The van der Waals surface area contributed by atoms with E-state index in [0.717, 1.165) is 17.2 Å². The third kappa shape index (κ3) is 3.79. The first kappa shape index (κ1) is 17.0. The molecule has 1 aromatic heterocycles. The molecule has 0 radical (unpaired) electrons. The molecule has 0 bridgehead atoms. The van der Waals surface area contributed by atoms with E-state index in [1.807, 2.05) is 13.0 Å². The molecule has 0 aliphatic carbocycles. The van der Waals surface area contributed by atoms with E-state index in [1.165, 1.54) is 22.3 Å². The number of nitrogens with one attached hydrogen (secondary N) is 2. The van der Waals surface area contributed by atoms with Crippen LogP contribution >= 0.6 is 0 Å². The monoisotopic (exact) mass is 333 g/mol. The van der Waals surface area contributed by atoms with Crippen molar-refractivity contribution in [2.45, 2.75) is 27.2 Å². The van der Waals surface area contributed by atoms with Gasteiger partial charge in [0.2, 0.25) is 0 Å². The molecule has 0 fully saturated rings. The Bertz CT molecular complexity index is 918. The number of benzene rings is 2. The van der Waals surface area contributed by atoms with Crippen LogP contribution in [0.2, 0.25) is 0 Å². The smallest absolute Gasteiger partial charge is 0.320 e. The first-order valence-electron chi connectivity index (χ1n) is 8.65. The van der Waals surface area contributed by atoms with Crippen molar-refractivity contribution in [3.8, 4) is 11.1 Å². The predicted octanol–water partition coefficient (Wildman–Crippen LogP) is 4.91. The molecule has 3 rings (SSSR count). The number of nitrogens with zero attached hydrogens (tertiary/aromatic N) is 1. The van der Waals surface area contributed by atoms with Gasteiger partial charge in [-0.2, -0.15) is 0 Å². The van der Waals surface area contributed by atoms with E-state index in [1.54, 1.807) is 6.20 Å². The third-order valence-electron chi connectivity index (χ3n) is 4.32. The Labute approximate surface area is 148 Å². The number of pyridine rings is 1. The third-order valence-corrected chi connectivity index (χ3v) is 4.32. The van der Waals surface area contributed by atoms with Gasteiger partial charge in [0.1, 0.15) is 5.82 Å². The van der Waals surface area contributed by atoms with Gasteiger partial charge in [-0.3, -0.25) is 5.32 Å². The number of fused-ring (bicyclic) bond motifs is 1. The first-order chi connectivity index (χ1) is 12.1. The molecule has 25 heavy (non-hydrogen) atoms. The number of rotatable bonds is 4. The number of hydrogen-bond donors (Lipinski definition) is 2. The number of hydrogen-bond acceptors (Lipinski definition) is 2. The predicted molar refractivity (Wildman–Crippen MR) is 104 cm³/mol. The van der Waals surface area contributed by atoms with Crippen molar-refractivity contribution < 1.29 is 4.79 Å². The second kappa shape index (κ2) is 7.34. The second-order valence-corrected chi connectivity index (χ2v) is 6.12. The minimum atomic E-state index is -0.238. The molecular weight excluding hydrogens is 310 g/mol. The van der Waals surface area contributed by atoms with Crippen LogP contribution in [0.25, 0.3) is 21.9 Å². The van der Waals surface area contributed by atoms with Crippen LogP contribution in [-0.2, 0) is 6.42 Å². The van der Waals surface area contributed by atoms with E-state index < -0.39 is 0 Å². The molecule has 3 aromatic rings. The summed E-state index contributed by atoms with van der Waals surface area (Å²) >= 11 is 0. The summed E-state index contributed by atoms with van der Waals surface area (Å²) in [7, 11) is 0. The van der Waals surface area contributed by atoms with Crippen LogP contribution < -0.4 is 10.6 Å². The highest BCUT2D eigenvalue weighted by atomic mass is 16.2. The zero-order chi connectivity index (χ0) is 17.8. The van der Waals surface area contributed by atoms with Gasteiger partial charge in [0.15, 0.2) is 0 Å². The van der Waals surface area contributed by atoms with Gasteiger partial charge in [0.05, 0.1) is 0 Å². The van der Waals surface area contributed by atoms with Crippen molar-refractivity contribution in [1.29, 1.82) is 0 Å². The Morgan fingerprint density at radius 2 is 1.88 bits per heavy atom. The summed E-state index contributed by atoms with van der Waals surface area (Å²) in [6.45, 7) is 6.77. The fourth-order valence-corrected chi connectivity index (χ4v) is 2.90. The quantitative estimate of drug-likeness (QED) is 0.712.